The predicted molar refractivity (Wildman–Crippen MR) is 86.3 cm³/mol. The van der Waals surface area contributed by atoms with Gasteiger partial charge in [0.25, 0.3) is 11.7 Å². The third kappa shape index (κ3) is 2.51. The number of carbonyl (C=O) groups excluding carboxylic acids is 2. The van der Waals surface area contributed by atoms with Crippen LogP contribution in [0.3, 0.4) is 0 Å². The van der Waals surface area contributed by atoms with Crippen LogP contribution < -0.4 is 5.32 Å². The molecule has 2 heterocycles. The molecule has 0 spiro atoms. The van der Waals surface area contributed by atoms with Crippen LogP contribution >= 0.6 is 0 Å². The third-order valence-corrected chi connectivity index (χ3v) is 3.57. The first-order chi connectivity index (χ1) is 10.6. The number of Topliss-reactive ketones (excluding diaryl/α,β-unsaturated/α-hetero) is 1. The molecule has 1 N–H and O–H groups in total. The molecule has 4 heteroatoms. The maximum absolute atomic E-state index is 12.5. The van der Waals surface area contributed by atoms with E-state index < -0.39 is 11.7 Å². The van der Waals surface area contributed by atoms with Gasteiger partial charge >= 0.3 is 0 Å². The molecule has 1 amide bonds. The van der Waals surface area contributed by atoms with Gasteiger partial charge in [0.1, 0.15) is 5.69 Å². The lowest BCUT2D eigenvalue weighted by atomic mass is 10.1. The summed E-state index contributed by atoms with van der Waals surface area (Å²) in [7, 11) is 0. The number of nitrogens with zero attached hydrogens (tertiary/aromatic N) is 1. The number of ketones is 1. The summed E-state index contributed by atoms with van der Waals surface area (Å²) < 4.78 is 1.74. The molecule has 0 unspecified atom stereocenters. The molecule has 1 aromatic carbocycles. The molecule has 0 radical (unpaired) electrons. The molecular weight excluding hydrogens is 276 g/mol. The Hall–Kier alpha value is -2.88. The van der Waals surface area contributed by atoms with Gasteiger partial charge in [0, 0.05) is 17.4 Å². The minimum atomic E-state index is -0.627. The Kier molecular flexibility index (Phi) is 3.51. The number of hydrogen-bond acceptors (Lipinski definition) is 2. The van der Waals surface area contributed by atoms with Crippen molar-refractivity contribution in [3.8, 4) is 0 Å². The lowest BCUT2D eigenvalue weighted by Gasteiger charge is -2.06. The maximum atomic E-state index is 12.5. The van der Waals surface area contributed by atoms with Gasteiger partial charge in [-0.15, -0.1) is 0 Å². The fraction of sp³-hybridized carbons (Fsp3) is 0.111. The molecule has 0 saturated carbocycles. The highest BCUT2D eigenvalue weighted by molar-refractivity contribution is 6.46. The second-order valence-electron chi connectivity index (χ2n) is 5.32. The summed E-state index contributed by atoms with van der Waals surface area (Å²) in [5.74, 6) is -1.16. The first kappa shape index (κ1) is 14.1. The van der Waals surface area contributed by atoms with E-state index in [2.05, 4.69) is 5.32 Å². The number of fused-ring (bicyclic) bond motifs is 1. The Morgan fingerprint density at radius 1 is 1.00 bits per heavy atom. The Morgan fingerprint density at radius 3 is 2.59 bits per heavy atom. The van der Waals surface area contributed by atoms with Gasteiger partial charge in [-0.1, -0.05) is 18.2 Å². The zero-order valence-electron chi connectivity index (χ0n) is 12.5. The number of benzene rings is 1. The van der Waals surface area contributed by atoms with Crippen LogP contribution in [0.25, 0.3) is 5.52 Å². The lowest BCUT2D eigenvalue weighted by Crippen LogP contribution is -2.24. The van der Waals surface area contributed by atoms with Crippen LogP contribution in [0.1, 0.15) is 21.6 Å². The maximum Gasteiger partial charge on any atom is 0.298 e. The Morgan fingerprint density at radius 2 is 1.82 bits per heavy atom. The van der Waals surface area contributed by atoms with Gasteiger partial charge in [-0.2, -0.15) is 0 Å². The van der Waals surface area contributed by atoms with Gasteiger partial charge in [-0.3, -0.25) is 9.59 Å². The number of hydrogen-bond donors (Lipinski definition) is 1. The Balaban J connectivity index is 1.92. The summed E-state index contributed by atoms with van der Waals surface area (Å²) in [5.41, 5.74) is 3.73. The first-order valence-corrected chi connectivity index (χ1v) is 7.05. The van der Waals surface area contributed by atoms with Crippen molar-refractivity contribution in [1.29, 1.82) is 0 Å². The van der Waals surface area contributed by atoms with Crippen molar-refractivity contribution in [1.82, 2.24) is 4.40 Å². The average Bonchev–Trinajstić information content (AvgIpc) is 2.82. The second kappa shape index (κ2) is 5.48. The standard InChI is InChI=1S/C18H16N2O2/c1-12-6-5-7-14(10-12)19-18(22)17(21)16-13(2)11-15-8-3-4-9-20(15)16/h3-11H,1-2H3,(H,19,22). The quantitative estimate of drug-likeness (QED) is 0.594. The number of aromatic nitrogens is 1. The van der Waals surface area contributed by atoms with Crippen LogP contribution in [-0.4, -0.2) is 16.1 Å². The minimum Gasteiger partial charge on any atom is -0.319 e. The van der Waals surface area contributed by atoms with E-state index in [0.717, 1.165) is 16.6 Å². The molecule has 0 aliphatic heterocycles. The molecule has 0 atom stereocenters. The number of anilines is 1. The topological polar surface area (TPSA) is 50.6 Å². The van der Waals surface area contributed by atoms with Gasteiger partial charge in [0.05, 0.1) is 0 Å². The van der Waals surface area contributed by atoms with Crippen molar-refractivity contribution < 1.29 is 9.59 Å². The molecular formula is C18H16N2O2. The van der Waals surface area contributed by atoms with Crippen molar-refractivity contribution in [2.45, 2.75) is 13.8 Å². The SMILES string of the molecule is Cc1cccc(NC(=O)C(=O)c2c(C)cc3ccccn23)c1. The smallest absolute Gasteiger partial charge is 0.298 e. The summed E-state index contributed by atoms with van der Waals surface area (Å²) >= 11 is 0. The molecule has 0 aliphatic rings. The number of amides is 1. The molecule has 0 bridgehead atoms. The zero-order chi connectivity index (χ0) is 15.7. The second-order valence-corrected chi connectivity index (χ2v) is 5.32. The van der Waals surface area contributed by atoms with Crippen molar-refractivity contribution in [2.24, 2.45) is 0 Å². The van der Waals surface area contributed by atoms with E-state index >= 15 is 0 Å². The predicted octanol–water partition coefficient (Wildman–Crippen LogP) is 3.38. The van der Waals surface area contributed by atoms with Crippen LogP contribution in [0.4, 0.5) is 5.69 Å². The number of pyridine rings is 1. The molecule has 0 aliphatic carbocycles. The Labute approximate surface area is 128 Å². The van der Waals surface area contributed by atoms with Gasteiger partial charge in [-0.05, 0) is 55.3 Å². The van der Waals surface area contributed by atoms with Gasteiger partial charge in [0.15, 0.2) is 0 Å². The van der Waals surface area contributed by atoms with E-state index in [1.54, 1.807) is 16.7 Å². The summed E-state index contributed by atoms with van der Waals surface area (Å²) in [6.45, 7) is 3.77. The number of carbonyl (C=O) groups is 2. The molecule has 0 saturated heterocycles. The van der Waals surface area contributed by atoms with E-state index in [4.69, 9.17) is 0 Å². The fourth-order valence-electron chi connectivity index (χ4n) is 2.56. The van der Waals surface area contributed by atoms with Crippen LogP contribution in [-0.2, 0) is 4.79 Å². The van der Waals surface area contributed by atoms with Crippen LogP contribution in [0.15, 0.2) is 54.7 Å². The average molecular weight is 292 g/mol. The van der Waals surface area contributed by atoms with Crippen LogP contribution in [0.5, 0.6) is 0 Å². The number of aryl methyl sites for hydroxylation is 2. The van der Waals surface area contributed by atoms with Crippen LogP contribution in [0.2, 0.25) is 0 Å². The minimum absolute atomic E-state index is 0.403. The molecule has 110 valence electrons. The molecule has 3 rings (SSSR count). The van der Waals surface area contributed by atoms with Crippen LogP contribution in [0, 0.1) is 13.8 Å². The monoisotopic (exact) mass is 292 g/mol. The van der Waals surface area contributed by atoms with Crippen molar-refractivity contribution >= 4 is 22.9 Å². The summed E-state index contributed by atoms with van der Waals surface area (Å²) in [4.78, 5) is 24.7. The zero-order valence-corrected chi connectivity index (χ0v) is 12.5. The summed E-state index contributed by atoms with van der Waals surface area (Å²) in [6.07, 6.45) is 1.79. The first-order valence-electron chi connectivity index (χ1n) is 7.05. The summed E-state index contributed by atoms with van der Waals surface area (Å²) in [5, 5.41) is 2.66. The van der Waals surface area contributed by atoms with Gasteiger partial charge in [-0.25, -0.2) is 0 Å². The molecule has 22 heavy (non-hydrogen) atoms. The molecule has 3 aromatic rings. The molecule has 4 nitrogen and oxygen atoms in total. The van der Waals surface area contributed by atoms with E-state index in [1.807, 2.05) is 56.3 Å². The number of nitrogens with one attached hydrogen (secondary N) is 1. The highest BCUT2D eigenvalue weighted by atomic mass is 16.2. The van der Waals surface area contributed by atoms with E-state index in [9.17, 15) is 9.59 Å². The molecule has 2 aromatic heterocycles. The van der Waals surface area contributed by atoms with Crippen molar-refractivity contribution in [2.75, 3.05) is 5.32 Å². The Bertz CT molecular complexity index is 878. The third-order valence-electron chi connectivity index (χ3n) is 3.57. The fourth-order valence-corrected chi connectivity index (χ4v) is 2.56. The lowest BCUT2D eigenvalue weighted by molar-refractivity contribution is -0.112. The largest absolute Gasteiger partial charge is 0.319 e. The van der Waals surface area contributed by atoms with Crippen molar-refractivity contribution in [3.05, 3.63) is 71.5 Å². The summed E-state index contributed by atoms with van der Waals surface area (Å²) in [6, 6.07) is 14.9. The van der Waals surface area contributed by atoms with E-state index in [0.29, 0.717) is 11.4 Å². The normalized spacial score (nSPS) is 10.6. The van der Waals surface area contributed by atoms with E-state index in [-0.39, 0.29) is 0 Å². The highest BCUT2D eigenvalue weighted by Crippen LogP contribution is 2.17. The highest BCUT2D eigenvalue weighted by Gasteiger charge is 2.22. The van der Waals surface area contributed by atoms with Gasteiger partial charge in [0.2, 0.25) is 0 Å². The number of rotatable bonds is 3. The van der Waals surface area contributed by atoms with Crippen molar-refractivity contribution in [3.63, 3.8) is 0 Å². The van der Waals surface area contributed by atoms with Gasteiger partial charge < -0.3 is 9.72 Å². The van der Waals surface area contributed by atoms with E-state index in [1.165, 1.54) is 0 Å². The molecule has 0 fully saturated rings.